The summed E-state index contributed by atoms with van der Waals surface area (Å²) < 4.78 is 27.8. The molecule has 122 valence electrons. The topological polar surface area (TPSA) is 78.4 Å². The first-order chi connectivity index (χ1) is 10.8. The Hall–Kier alpha value is -2.05. The van der Waals surface area contributed by atoms with Crippen LogP contribution in [0.15, 0.2) is 41.3 Å². The molecule has 1 atom stereocenters. The second kappa shape index (κ2) is 5.86. The van der Waals surface area contributed by atoms with Crippen molar-refractivity contribution < 1.29 is 13.5 Å². The molecule has 23 heavy (non-hydrogen) atoms. The zero-order chi connectivity index (χ0) is 16.6. The molecule has 0 saturated carbocycles. The molecular weight excluding hydrogens is 312 g/mol. The molecule has 2 aromatic carbocycles. The molecule has 0 saturated heterocycles. The summed E-state index contributed by atoms with van der Waals surface area (Å²) >= 11 is 0. The van der Waals surface area contributed by atoms with E-state index in [0.29, 0.717) is 18.5 Å². The molecule has 0 radical (unpaired) electrons. The minimum Gasteiger partial charge on any atom is -0.374 e. The Balaban J connectivity index is 1.89. The Bertz CT molecular complexity index is 847. The van der Waals surface area contributed by atoms with E-state index < -0.39 is 16.3 Å². The third kappa shape index (κ3) is 3.33. The molecule has 0 aliphatic carbocycles. The van der Waals surface area contributed by atoms with E-state index in [4.69, 9.17) is 0 Å². The molecule has 0 spiro atoms. The van der Waals surface area contributed by atoms with Crippen molar-refractivity contribution in [2.24, 2.45) is 0 Å². The summed E-state index contributed by atoms with van der Waals surface area (Å²) in [6.45, 7) is 3.93. The van der Waals surface area contributed by atoms with E-state index in [2.05, 4.69) is 10.0 Å². The van der Waals surface area contributed by atoms with Crippen molar-refractivity contribution in [1.82, 2.24) is 0 Å². The normalized spacial score (nSPS) is 17.3. The van der Waals surface area contributed by atoms with Gasteiger partial charge in [-0.2, -0.15) is 0 Å². The van der Waals surface area contributed by atoms with Crippen LogP contribution in [0.5, 0.6) is 0 Å². The molecule has 0 fully saturated rings. The molecular formula is C17H20N2O3S. The van der Waals surface area contributed by atoms with Gasteiger partial charge < -0.3 is 10.4 Å². The van der Waals surface area contributed by atoms with E-state index in [1.165, 1.54) is 0 Å². The lowest BCUT2D eigenvalue weighted by atomic mass is 10.0. The van der Waals surface area contributed by atoms with Crippen LogP contribution in [0.2, 0.25) is 0 Å². The largest absolute Gasteiger partial charge is 0.374 e. The van der Waals surface area contributed by atoms with Gasteiger partial charge in [0.15, 0.2) is 0 Å². The van der Waals surface area contributed by atoms with Crippen molar-refractivity contribution in [3.05, 3.63) is 53.1 Å². The van der Waals surface area contributed by atoms with Gasteiger partial charge in [0.25, 0.3) is 10.0 Å². The van der Waals surface area contributed by atoms with Gasteiger partial charge in [0.05, 0.1) is 4.90 Å². The Labute approximate surface area is 136 Å². The lowest BCUT2D eigenvalue weighted by Gasteiger charge is -2.23. The molecule has 1 heterocycles. The number of aryl methyl sites for hydroxylation is 3. The summed E-state index contributed by atoms with van der Waals surface area (Å²) in [7, 11) is -3.63. The fraction of sp³-hybridized carbons (Fsp3) is 0.294. The van der Waals surface area contributed by atoms with Crippen molar-refractivity contribution in [2.45, 2.75) is 37.8 Å². The number of fused-ring (bicyclic) bond motifs is 1. The molecule has 2 aromatic rings. The Kier molecular flexibility index (Phi) is 4.04. The first-order valence-electron chi connectivity index (χ1n) is 7.53. The van der Waals surface area contributed by atoms with Gasteiger partial charge in [-0.15, -0.1) is 0 Å². The summed E-state index contributed by atoms with van der Waals surface area (Å²) in [5.74, 6) is 0. The maximum atomic E-state index is 12.6. The second-order valence-corrected chi connectivity index (χ2v) is 7.60. The van der Waals surface area contributed by atoms with Crippen LogP contribution in [0.4, 0.5) is 11.4 Å². The van der Waals surface area contributed by atoms with Crippen molar-refractivity contribution >= 4 is 21.4 Å². The lowest BCUT2D eigenvalue weighted by Crippen LogP contribution is -2.25. The number of aliphatic hydroxyl groups is 1. The van der Waals surface area contributed by atoms with Gasteiger partial charge in [0.2, 0.25) is 0 Å². The molecule has 0 aromatic heterocycles. The monoisotopic (exact) mass is 332 g/mol. The number of rotatable bonds is 3. The van der Waals surface area contributed by atoms with Crippen LogP contribution in [-0.4, -0.2) is 19.8 Å². The van der Waals surface area contributed by atoms with E-state index in [0.717, 1.165) is 22.4 Å². The first kappa shape index (κ1) is 15.8. The second-order valence-electron chi connectivity index (χ2n) is 5.92. The number of hydrogen-bond acceptors (Lipinski definition) is 4. The SMILES string of the molecule is Cc1ccc(NS(=O)(=O)c2ccc3c(c2)CCC(O)N3)cc1C. The van der Waals surface area contributed by atoms with E-state index in [9.17, 15) is 13.5 Å². The van der Waals surface area contributed by atoms with Crippen molar-refractivity contribution in [2.75, 3.05) is 10.0 Å². The molecule has 1 unspecified atom stereocenters. The number of benzene rings is 2. The third-order valence-corrected chi connectivity index (χ3v) is 5.53. The number of anilines is 2. The predicted octanol–water partition coefficient (Wildman–Crippen LogP) is 2.78. The van der Waals surface area contributed by atoms with Crippen molar-refractivity contribution in [3.63, 3.8) is 0 Å². The summed E-state index contributed by atoms with van der Waals surface area (Å²) in [5, 5.41) is 12.5. The molecule has 0 bridgehead atoms. The quantitative estimate of drug-likeness (QED) is 0.807. The summed E-state index contributed by atoms with van der Waals surface area (Å²) in [4.78, 5) is 0.229. The van der Waals surface area contributed by atoms with Gasteiger partial charge in [-0.25, -0.2) is 8.42 Å². The first-order valence-corrected chi connectivity index (χ1v) is 9.01. The zero-order valence-electron chi connectivity index (χ0n) is 13.1. The zero-order valence-corrected chi connectivity index (χ0v) is 13.9. The highest BCUT2D eigenvalue weighted by Gasteiger charge is 2.20. The maximum Gasteiger partial charge on any atom is 0.261 e. The molecule has 1 aliphatic rings. The van der Waals surface area contributed by atoms with Gasteiger partial charge in [-0.05, 0) is 73.7 Å². The van der Waals surface area contributed by atoms with E-state index in [1.54, 1.807) is 24.3 Å². The lowest BCUT2D eigenvalue weighted by molar-refractivity contribution is 0.189. The fourth-order valence-corrected chi connectivity index (χ4v) is 3.75. The molecule has 0 amide bonds. The molecule has 5 nitrogen and oxygen atoms in total. The average Bonchev–Trinajstić information content (AvgIpc) is 2.50. The molecule has 6 heteroatoms. The standard InChI is InChI=1S/C17H20N2O3S/c1-11-3-5-14(9-12(11)2)19-23(21,22)15-6-7-16-13(10-15)4-8-17(20)18-16/h3,5-7,9-10,17-20H,4,8H2,1-2H3. The van der Waals surface area contributed by atoms with E-state index in [-0.39, 0.29) is 4.90 Å². The minimum absolute atomic E-state index is 0.229. The van der Waals surface area contributed by atoms with Crippen LogP contribution in [0, 0.1) is 13.8 Å². The van der Waals surface area contributed by atoms with Crippen LogP contribution in [0.1, 0.15) is 23.1 Å². The van der Waals surface area contributed by atoms with E-state index in [1.807, 2.05) is 26.0 Å². The van der Waals surface area contributed by atoms with Gasteiger partial charge in [0, 0.05) is 11.4 Å². The highest BCUT2D eigenvalue weighted by molar-refractivity contribution is 7.92. The van der Waals surface area contributed by atoms with Crippen LogP contribution in [-0.2, 0) is 16.4 Å². The van der Waals surface area contributed by atoms with E-state index >= 15 is 0 Å². The smallest absolute Gasteiger partial charge is 0.261 e. The Morgan fingerprint density at radius 1 is 1.13 bits per heavy atom. The number of aliphatic hydroxyl groups excluding tert-OH is 1. The minimum atomic E-state index is -3.63. The summed E-state index contributed by atoms with van der Waals surface area (Å²) in [6, 6.07) is 10.4. The fourth-order valence-electron chi connectivity index (χ4n) is 2.65. The van der Waals surface area contributed by atoms with Gasteiger partial charge in [0.1, 0.15) is 6.23 Å². The molecule has 3 rings (SSSR count). The van der Waals surface area contributed by atoms with Gasteiger partial charge in [-0.3, -0.25) is 4.72 Å². The van der Waals surface area contributed by atoms with Crippen molar-refractivity contribution in [1.29, 1.82) is 0 Å². The molecule has 1 aliphatic heterocycles. The highest BCUT2D eigenvalue weighted by atomic mass is 32.2. The predicted molar refractivity (Wildman–Crippen MR) is 91.1 cm³/mol. The van der Waals surface area contributed by atoms with Gasteiger partial charge >= 0.3 is 0 Å². The van der Waals surface area contributed by atoms with Crippen molar-refractivity contribution in [3.8, 4) is 0 Å². The van der Waals surface area contributed by atoms with Gasteiger partial charge in [-0.1, -0.05) is 6.07 Å². The van der Waals surface area contributed by atoms with Crippen LogP contribution >= 0.6 is 0 Å². The number of sulfonamides is 1. The highest BCUT2D eigenvalue weighted by Crippen LogP contribution is 2.27. The third-order valence-electron chi connectivity index (χ3n) is 4.16. The summed E-state index contributed by atoms with van der Waals surface area (Å²) in [5.41, 5.74) is 4.40. The summed E-state index contributed by atoms with van der Waals surface area (Å²) in [6.07, 6.45) is 0.649. The number of nitrogens with one attached hydrogen (secondary N) is 2. The van der Waals surface area contributed by atoms with Crippen LogP contribution < -0.4 is 10.0 Å². The average molecular weight is 332 g/mol. The Morgan fingerprint density at radius 3 is 2.65 bits per heavy atom. The maximum absolute atomic E-state index is 12.6. The molecule has 3 N–H and O–H groups in total. The number of hydrogen-bond donors (Lipinski definition) is 3. The Morgan fingerprint density at radius 2 is 1.91 bits per heavy atom. The van der Waals surface area contributed by atoms with Crippen LogP contribution in [0.3, 0.4) is 0 Å². The van der Waals surface area contributed by atoms with Crippen LogP contribution in [0.25, 0.3) is 0 Å².